The van der Waals surface area contributed by atoms with E-state index in [1.165, 1.54) is 0 Å². The number of aliphatic hydroxyl groups is 1. The molecule has 160 valence electrons. The summed E-state index contributed by atoms with van der Waals surface area (Å²) in [6, 6.07) is 8.93. The van der Waals surface area contributed by atoms with E-state index in [2.05, 4.69) is 5.32 Å². The van der Waals surface area contributed by atoms with Gasteiger partial charge >= 0.3 is 5.97 Å². The molecule has 1 aromatic carbocycles. The molecular formula is C23H33NO5. The Hall–Kier alpha value is -2.21. The van der Waals surface area contributed by atoms with Crippen LogP contribution in [0.3, 0.4) is 0 Å². The molecule has 0 saturated heterocycles. The van der Waals surface area contributed by atoms with Gasteiger partial charge in [0.15, 0.2) is 0 Å². The van der Waals surface area contributed by atoms with Crippen molar-refractivity contribution < 1.29 is 24.2 Å². The molecule has 6 nitrogen and oxygen atoms in total. The Morgan fingerprint density at radius 1 is 1.24 bits per heavy atom. The maximum absolute atomic E-state index is 12.8. The molecule has 3 atom stereocenters. The summed E-state index contributed by atoms with van der Waals surface area (Å²) in [5.74, 6) is -0.850. The second-order valence-corrected chi connectivity index (χ2v) is 8.36. The van der Waals surface area contributed by atoms with Gasteiger partial charge in [0, 0.05) is 18.3 Å². The second kappa shape index (κ2) is 11.7. The monoisotopic (exact) mass is 403 g/mol. The molecule has 1 aliphatic rings. The summed E-state index contributed by atoms with van der Waals surface area (Å²) in [7, 11) is 0. The average molecular weight is 404 g/mol. The van der Waals surface area contributed by atoms with Crippen molar-refractivity contribution in [1.82, 2.24) is 5.32 Å². The third-order valence-electron chi connectivity index (χ3n) is 5.35. The lowest BCUT2D eigenvalue weighted by atomic mass is 9.92. The number of hydrogen-bond acceptors (Lipinski definition) is 5. The van der Waals surface area contributed by atoms with Crippen molar-refractivity contribution in [3.05, 3.63) is 35.9 Å². The fourth-order valence-electron chi connectivity index (χ4n) is 3.83. The zero-order valence-electron chi connectivity index (χ0n) is 17.4. The number of nitrogens with one attached hydrogen (secondary N) is 1. The highest BCUT2D eigenvalue weighted by Crippen LogP contribution is 2.26. The number of hydrogen-bond donors (Lipinski definition) is 2. The van der Waals surface area contributed by atoms with Gasteiger partial charge in [-0.15, -0.1) is 0 Å². The van der Waals surface area contributed by atoms with Crippen molar-refractivity contribution in [3.63, 3.8) is 0 Å². The number of benzene rings is 1. The number of rotatable bonds is 11. The molecule has 0 aliphatic heterocycles. The van der Waals surface area contributed by atoms with E-state index in [1.54, 1.807) is 0 Å². The first-order valence-electron chi connectivity index (χ1n) is 10.5. The molecule has 1 aliphatic carbocycles. The van der Waals surface area contributed by atoms with Gasteiger partial charge in [-0.25, -0.2) is 0 Å². The normalized spacial score (nSPS) is 18.5. The highest BCUT2D eigenvalue weighted by atomic mass is 16.5. The second-order valence-electron chi connectivity index (χ2n) is 8.36. The SMILES string of the molecule is CC(C)C[C@H](CC(=O)OCc1ccccc1)C(=O)N[C@H](CO)CC1CCCC1=O. The number of carbonyl (C=O) groups excluding carboxylic acids is 3. The first-order chi connectivity index (χ1) is 13.9. The third kappa shape index (κ3) is 7.97. The number of Topliss-reactive ketones (excluding diaryl/α,β-unsaturated/α-hetero) is 1. The van der Waals surface area contributed by atoms with Crippen molar-refractivity contribution in [2.24, 2.45) is 17.8 Å². The fraction of sp³-hybridized carbons (Fsp3) is 0.609. The van der Waals surface area contributed by atoms with Crippen LogP contribution in [0.4, 0.5) is 0 Å². The summed E-state index contributed by atoms with van der Waals surface area (Å²) in [5.41, 5.74) is 0.896. The van der Waals surface area contributed by atoms with Crippen LogP contribution in [-0.2, 0) is 25.7 Å². The van der Waals surface area contributed by atoms with Crippen LogP contribution < -0.4 is 5.32 Å². The van der Waals surface area contributed by atoms with Crippen LogP contribution in [0.1, 0.15) is 57.9 Å². The van der Waals surface area contributed by atoms with Crippen LogP contribution in [0.15, 0.2) is 30.3 Å². The third-order valence-corrected chi connectivity index (χ3v) is 5.35. The zero-order chi connectivity index (χ0) is 21.2. The Labute approximate surface area is 173 Å². The number of esters is 1. The van der Waals surface area contributed by atoms with E-state index >= 15 is 0 Å². The molecule has 1 saturated carbocycles. The topological polar surface area (TPSA) is 92.7 Å². The molecule has 2 N–H and O–H groups in total. The van der Waals surface area contributed by atoms with Gasteiger partial charge in [-0.3, -0.25) is 14.4 Å². The quantitative estimate of drug-likeness (QED) is 0.554. The van der Waals surface area contributed by atoms with E-state index in [4.69, 9.17) is 4.74 Å². The van der Waals surface area contributed by atoms with Crippen LogP contribution in [0.5, 0.6) is 0 Å². The lowest BCUT2D eigenvalue weighted by Crippen LogP contribution is -2.43. The molecule has 1 fully saturated rings. The van der Waals surface area contributed by atoms with Gasteiger partial charge in [0.25, 0.3) is 0 Å². The maximum atomic E-state index is 12.8. The molecule has 0 aromatic heterocycles. The summed E-state index contributed by atoms with van der Waals surface area (Å²) < 4.78 is 5.33. The van der Waals surface area contributed by atoms with E-state index in [0.29, 0.717) is 19.3 Å². The van der Waals surface area contributed by atoms with Crippen LogP contribution in [-0.4, -0.2) is 35.4 Å². The Balaban J connectivity index is 1.89. The first-order valence-corrected chi connectivity index (χ1v) is 10.5. The molecule has 1 aromatic rings. The summed E-state index contributed by atoms with van der Waals surface area (Å²) in [6.45, 7) is 3.95. The summed E-state index contributed by atoms with van der Waals surface area (Å²) >= 11 is 0. The molecule has 1 unspecified atom stereocenters. The Morgan fingerprint density at radius 3 is 2.55 bits per heavy atom. The molecule has 1 amide bonds. The lowest BCUT2D eigenvalue weighted by molar-refractivity contribution is -0.148. The molecule has 0 heterocycles. The van der Waals surface area contributed by atoms with Crippen molar-refractivity contribution in [1.29, 1.82) is 0 Å². The molecule has 0 bridgehead atoms. The number of aliphatic hydroxyl groups excluding tert-OH is 1. The molecule has 2 rings (SSSR count). The summed E-state index contributed by atoms with van der Waals surface area (Å²) in [5, 5.41) is 12.5. The molecule has 29 heavy (non-hydrogen) atoms. The summed E-state index contributed by atoms with van der Waals surface area (Å²) in [4.78, 5) is 37.0. The van der Waals surface area contributed by atoms with Crippen molar-refractivity contribution in [2.75, 3.05) is 6.61 Å². The highest BCUT2D eigenvalue weighted by Gasteiger charge is 2.30. The average Bonchev–Trinajstić information content (AvgIpc) is 3.10. The zero-order valence-corrected chi connectivity index (χ0v) is 17.4. The lowest BCUT2D eigenvalue weighted by Gasteiger charge is -2.23. The minimum Gasteiger partial charge on any atom is -0.461 e. The first kappa shape index (κ1) is 23.1. The van der Waals surface area contributed by atoms with Crippen molar-refractivity contribution >= 4 is 17.7 Å². The Kier molecular flexibility index (Phi) is 9.32. The summed E-state index contributed by atoms with van der Waals surface area (Å²) in [6.07, 6.45) is 3.27. The Morgan fingerprint density at radius 2 is 1.97 bits per heavy atom. The molecule has 0 spiro atoms. The van der Waals surface area contributed by atoms with Crippen molar-refractivity contribution in [2.45, 2.75) is 65.0 Å². The number of amides is 1. The standard InChI is InChI=1S/C23H33NO5/c1-16(2)11-19(13-22(27)29-15-17-7-4-3-5-8-17)23(28)24-20(14-25)12-18-9-6-10-21(18)26/h3-5,7-8,16,18-20,25H,6,9-15H2,1-2H3,(H,24,28)/t18?,19-,20+/m1/s1. The van der Waals surface area contributed by atoms with E-state index in [-0.39, 0.29) is 43.2 Å². The minimum absolute atomic E-state index is 0.00262. The van der Waals surface area contributed by atoms with Crippen molar-refractivity contribution in [3.8, 4) is 0 Å². The largest absolute Gasteiger partial charge is 0.461 e. The van der Waals surface area contributed by atoms with Gasteiger partial charge in [0.1, 0.15) is 12.4 Å². The minimum atomic E-state index is -0.522. The van der Waals surface area contributed by atoms with Crippen LogP contribution in [0.2, 0.25) is 0 Å². The van der Waals surface area contributed by atoms with E-state index in [9.17, 15) is 19.5 Å². The van der Waals surface area contributed by atoms with Crippen LogP contribution in [0, 0.1) is 17.8 Å². The Bertz CT molecular complexity index is 673. The van der Waals surface area contributed by atoms with E-state index in [0.717, 1.165) is 18.4 Å². The predicted octanol–water partition coefficient (Wildman–Crippen LogP) is 3.02. The van der Waals surface area contributed by atoms with Crippen LogP contribution in [0.25, 0.3) is 0 Å². The van der Waals surface area contributed by atoms with Gasteiger partial charge in [-0.2, -0.15) is 0 Å². The van der Waals surface area contributed by atoms with Crippen LogP contribution >= 0.6 is 0 Å². The highest BCUT2D eigenvalue weighted by molar-refractivity contribution is 5.84. The molecule has 0 radical (unpaired) electrons. The molecular weight excluding hydrogens is 370 g/mol. The van der Waals surface area contributed by atoms with E-state index in [1.807, 2.05) is 44.2 Å². The van der Waals surface area contributed by atoms with Gasteiger partial charge in [-0.1, -0.05) is 44.2 Å². The van der Waals surface area contributed by atoms with Gasteiger partial charge in [0.2, 0.25) is 5.91 Å². The van der Waals surface area contributed by atoms with E-state index < -0.39 is 17.9 Å². The number of carbonyl (C=O) groups is 3. The van der Waals surface area contributed by atoms with Gasteiger partial charge < -0.3 is 15.2 Å². The van der Waals surface area contributed by atoms with Gasteiger partial charge in [-0.05, 0) is 37.2 Å². The smallest absolute Gasteiger partial charge is 0.306 e. The number of ketones is 1. The fourth-order valence-corrected chi connectivity index (χ4v) is 3.83. The number of ether oxygens (including phenoxy) is 1. The maximum Gasteiger partial charge on any atom is 0.306 e. The van der Waals surface area contributed by atoms with Gasteiger partial charge in [0.05, 0.1) is 19.1 Å². The molecule has 6 heteroatoms. The predicted molar refractivity (Wildman–Crippen MR) is 110 cm³/mol.